The van der Waals surface area contributed by atoms with Crippen LogP contribution in [0.1, 0.15) is 13.8 Å². The molecule has 0 bridgehead atoms. The first-order valence-electron chi connectivity index (χ1n) is 2.97. The zero-order valence-corrected chi connectivity index (χ0v) is 5.77. The van der Waals surface area contributed by atoms with Crippen LogP contribution in [0.15, 0.2) is 0 Å². The van der Waals surface area contributed by atoms with E-state index < -0.39 is 6.03 Å². The standard InChI is InChI=1S/C5H12N3O/c1-3-8(4-2)7-5(6)9/h6H,3-4H2,1-2H3,(H,7,9). The first kappa shape index (κ1) is 8.23. The topological polar surface area (TPSA) is 56.1 Å². The molecule has 53 valence electrons. The van der Waals surface area contributed by atoms with Gasteiger partial charge in [0, 0.05) is 13.1 Å². The van der Waals surface area contributed by atoms with E-state index in [1.165, 1.54) is 0 Å². The van der Waals surface area contributed by atoms with Gasteiger partial charge in [-0.1, -0.05) is 13.8 Å². The molecule has 9 heavy (non-hydrogen) atoms. The van der Waals surface area contributed by atoms with Crippen molar-refractivity contribution in [3.63, 3.8) is 0 Å². The second kappa shape index (κ2) is 4.14. The largest absolute Gasteiger partial charge is 0.348 e. The fourth-order valence-electron chi connectivity index (χ4n) is 0.525. The van der Waals surface area contributed by atoms with Crippen molar-refractivity contribution < 1.29 is 4.79 Å². The Morgan fingerprint density at radius 1 is 1.56 bits per heavy atom. The third-order valence-electron chi connectivity index (χ3n) is 1.02. The number of hydrogen-bond donors (Lipinski definition) is 1. The average Bonchev–Trinajstić information content (AvgIpc) is 1.82. The molecule has 0 fully saturated rings. The Morgan fingerprint density at radius 3 is 2.11 bits per heavy atom. The van der Waals surface area contributed by atoms with Gasteiger partial charge in [0.15, 0.2) is 0 Å². The van der Waals surface area contributed by atoms with Gasteiger partial charge in [0.25, 0.3) is 0 Å². The maximum absolute atomic E-state index is 10.1. The number of urea groups is 1. The quantitative estimate of drug-likeness (QED) is 0.556. The number of nitrogens with zero attached hydrogens (tertiary/aromatic N) is 1. The number of rotatable bonds is 3. The summed E-state index contributed by atoms with van der Waals surface area (Å²) in [6, 6.07) is -0.751. The first-order valence-corrected chi connectivity index (χ1v) is 2.97. The molecule has 0 aromatic rings. The van der Waals surface area contributed by atoms with Gasteiger partial charge in [-0.05, 0) is 0 Å². The minimum Gasteiger partial charge on any atom is -0.269 e. The second-order valence-corrected chi connectivity index (χ2v) is 1.61. The molecule has 0 spiro atoms. The lowest BCUT2D eigenvalue weighted by atomic mass is 10.6. The maximum Gasteiger partial charge on any atom is 0.348 e. The van der Waals surface area contributed by atoms with E-state index in [2.05, 4.69) is 5.43 Å². The Morgan fingerprint density at radius 2 is 2.00 bits per heavy atom. The van der Waals surface area contributed by atoms with Crippen LogP contribution >= 0.6 is 0 Å². The summed E-state index contributed by atoms with van der Waals surface area (Å²) in [6.07, 6.45) is 0. The van der Waals surface area contributed by atoms with Crippen molar-refractivity contribution >= 4 is 6.03 Å². The van der Waals surface area contributed by atoms with E-state index in [0.29, 0.717) is 0 Å². The monoisotopic (exact) mass is 130 g/mol. The predicted octanol–water partition coefficient (Wildman–Crippen LogP) is 0.236. The summed E-state index contributed by atoms with van der Waals surface area (Å²) in [7, 11) is 0. The van der Waals surface area contributed by atoms with Crippen LogP contribution in [-0.4, -0.2) is 24.1 Å². The van der Waals surface area contributed by atoms with Crippen LogP contribution in [0.2, 0.25) is 0 Å². The molecular formula is C5H12N3O. The summed E-state index contributed by atoms with van der Waals surface area (Å²) < 4.78 is 0. The molecule has 2 N–H and O–H groups in total. The number of carbonyl (C=O) groups excluding carboxylic acids is 1. The Balaban J connectivity index is 3.43. The zero-order valence-electron chi connectivity index (χ0n) is 5.77. The number of nitrogens with one attached hydrogen (secondary N) is 2. The van der Waals surface area contributed by atoms with E-state index in [9.17, 15) is 4.79 Å². The molecule has 0 aliphatic carbocycles. The van der Waals surface area contributed by atoms with E-state index in [-0.39, 0.29) is 0 Å². The number of carbonyl (C=O) groups is 1. The second-order valence-electron chi connectivity index (χ2n) is 1.61. The molecular weight excluding hydrogens is 118 g/mol. The normalized spacial score (nSPS) is 9.67. The van der Waals surface area contributed by atoms with Crippen molar-refractivity contribution in [1.82, 2.24) is 16.2 Å². The summed E-state index contributed by atoms with van der Waals surface area (Å²) >= 11 is 0. The SMILES string of the molecule is CCN(CC)NC([NH])=O. The fraction of sp³-hybridized carbons (Fsp3) is 0.800. The van der Waals surface area contributed by atoms with Gasteiger partial charge in [-0.3, -0.25) is 5.43 Å². The van der Waals surface area contributed by atoms with Crippen LogP contribution < -0.4 is 11.2 Å². The van der Waals surface area contributed by atoms with Crippen molar-refractivity contribution in [3.05, 3.63) is 0 Å². The smallest absolute Gasteiger partial charge is 0.269 e. The summed E-state index contributed by atoms with van der Waals surface area (Å²) in [6.45, 7) is 5.31. The Labute approximate surface area is 55.0 Å². The molecule has 0 unspecified atom stereocenters. The van der Waals surface area contributed by atoms with Gasteiger partial charge in [-0.2, -0.15) is 0 Å². The van der Waals surface area contributed by atoms with E-state index in [0.717, 1.165) is 13.1 Å². The van der Waals surface area contributed by atoms with E-state index in [4.69, 9.17) is 5.73 Å². The van der Waals surface area contributed by atoms with Crippen LogP contribution in [0.25, 0.3) is 0 Å². The van der Waals surface area contributed by atoms with Crippen LogP contribution in [0.5, 0.6) is 0 Å². The van der Waals surface area contributed by atoms with Crippen molar-refractivity contribution in [1.29, 1.82) is 0 Å². The molecule has 0 aromatic carbocycles. The molecule has 4 heteroatoms. The highest BCUT2D eigenvalue weighted by Crippen LogP contribution is 1.77. The minimum atomic E-state index is -0.751. The molecule has 0 saturated carbocycles. The summed E-state index contributed by atoms with van der Waals surface area (Å²) in [5.74, 6) is 0. The van der Waals surface area contributed by atoms with Gasteiger partial charge < -0.3 is 0 Å². The molecule has 0 heterocycles. The van der Waals surface area contributed by atoms with E-state index in [1.54, 1.807) is 5.01 Å². The summed E-state index contributed by atoms with van der Waals surface area (Å²) in [5, 5.41) is 1.66. The summed E-state index contributed by atoms with van der Waals surface area (Å²) in [5.41, 5.74) is 8.86. The molecule has 4 nitrogen and oxygen atoms in total. The first-order chi connectivity index (χ1) is 4.20. The van der Waals surface area contributed by atoms with Crippen LogP contribution in [-0.2, 0) is 0 Å². The van der Waals surface area contributed by atoms with Crippen molar-refractivity contribution in [2.45, 2.75) is 13.8 Å². The maximum atomic E-state index is 10.1. The molecule has 0 atom stereocenters. The molecule has 0 saturated heterocycles. The Kier molecular flexibility index (Phi) is 3.79. The van der Waals surface area contributed by atoms with Gasteiger partial charge in [-0.25, -0.2) is 15.5 Å². The van der Waals surface area contributed by atoms with E-state index in [1.807, 2.05) is 13.8 Å². The highest BCUT2D eigenvalue weighted by Gasteiger charge is 1.98. The van der Waals surface area contributed by atoms with Gasteiger partial charge in [0.2, 0.25) is 0 Å². The van der Waals surface area contributed by atoms with Crippen molar-refractivity contribution in [2.75, 3.05) is 13.1 Å². The molecule has 1 radical (unpaired) electrons. The lowest BCUT2D eigenvalue weighted by molar-refractivity contribution is 0.193. The molecule has 0 aliphatic heterocycles. The Bertz CT molecular complexity index is 90.2. The highest BCUT2D eigenvalue weighted by atomic mass is 16.2. The lowest BCUT2D eigenvalue weighted by Gasteiger charge is -2.16. The lowest BCUT2D eigenvalue weighted by Crippen LogP contribution is -2.41. The molecule has 2 amide bonds. The predicted molar refractivity (Wildman–Crippen MR) is 34.5 cm³/mol. The fourth-order valence-corrected chi connectivity index (χ4v) is 0.525. The third-order valence-corrected chi connectivity index (χ3v) is 1.02. The van der Waals surface area contributed by atoms with Crippen LogP contribution in [0.3, 0.4) is 0 Å². The summed E-state index contributed by atoms with van der Waals surface area (Å²) in [4.78, 5) is 10.1. The van der Waals surface area contributed by atoms with Gasteiger partial charge >= 0.3 is 6.03 Å². The van der Waals surface area contributed by atoms with Crippen molar-refractivity contribution in [2.24, 2.45) is 0 Å². The number of hydrogen-bond acceptors (Lipinski definition) is 2. The van der Waals surface area contributed by atoms with Gasteiger partial charge in [0.1, 0.15) is 0 Å². The van der Waals surface area contributed by atoms with Gasteiger partial charge in [0.05, 0.1) is 0 Å². The number of amides is 2. The molecule has 0 aliphatic rings. The van der Waals surface area contributed by atoms with Gasteiger partial charge in [-0.15, -0.1) is 0 Å². The van der Waals surface area contributed by atoms with Crippen LogP contribution in [0, 0.1) is 0 Å². The third kappa shape index (κ3) is 3.78. The zero-order chi connectivity index (χ0) is 7.28. The average molecular weight is 130 g/mol. The molecule has 0 aromatic heterocycles. The Hall–Kier alpha value is -0.770. The highest BCUT2D eigenvalue weighted by molar-refractivity contribution is 5.70. The molecule has 0 rings (SSSR count). The van der Waals surface area contributed by atoms with Crippen molar-refractivity contribution in [3.8, 4) is 0 Å². The number of hydrazine groups is 1. The van der Waals surface area contributed by atoms with Crippen LogP contribution in [0.4, 0.5) is 4.79 Å². The minimum absolute atomic E-state index is 0.737. The van der Waals surface area contributed by atoms with E-state index >= 15 is 0 Å².